The number of benzene rings is 1. The fourth-order valence-electron chi connectivity index (χ4n) is 1.17. The number of hydrogen-bond donors (Lipinski definition) is 1. The van der Waals surface area contributed by atoms with Gasteiger partial charge in [-0.1, -0.05) is 35.7 Å². The van der Waals surface area contributed by atoms with Crippen LogP contribution in [-0.2, 0) is 4.79 Å². The second-order valence-electron chi connectivity index (χ2n) is 3.90. The Labute approximate surface area is 130 Å². The van der Waals surface area contributed by atoms with E-state index in [4.69, 9.17) is 12.2 Å². The summed E-state index contributed by atoms with van der Waals surface area (Å²) in [6, 6.07) is 6.28. The minimum absolute atomic E-state index is 0.187. The zero-order chi connectivity index (χ0) is 15.1. The van der Waals surface area contributed by atoms with Gasteiger partial charge in [-0.05, 0) is 24.3 Å². The first kappa shape index (κ1) is 17.2. The van der Waals surface area contributed by atoms with Crippen molar-refractivity contribution in [3.63, 3.8) is 0 Å². The van der Waals surface area contributed by atoms with E-state index in [1.165, 1.54) is 11.8 Å². The molecule has 20 heavy (non-hydrogen) atoms. The molecular weight excluding hydrogens is 322 g/mol. The predicted molar refractivity (Wildman–Crippen MR) is 85.7 cm³/mol. The van der Waals surface area contributed by atoms with Crippen LogP contribution in [0.25, 0.3) is 0 Å². The topological polar surface area (TPSA) is 32.3 Å². The number of carbonyl (C=O) groups excluding carboxylic acids is 1. The number of amides is 1. The number of nitrogens with zero attached hydrogens (tertiary/aromatic N) is 1. The van der Waals surface area contributed by atoms with Crippen LogP contribution in [0.15, 0.2) is 29.2 Å². The highest BCUT2D eigenvalue weighted by molar-refractivity contribution is 8.23. The van der Waals surface area contributed by atoms with Crippen LogP contribution in [0, 0.1) is 0 Å². The van der Waals surface area contributed by atoms with Crippen LogP contribution < -0.4 is 5.32 Å². The number of nitrogens with one attached hydrogen (secondary N) is 1. The van der Waals surface area contributed by atoms with Crippen molar-refractivity contribution in [2.75, 3.05) is 25.2 Å². The standard InChI is InChI=1S/C12H14F2N2OS3/c1-16(2)12(18)19-7-10(17)15-8-3-5-9(6-4-8)20-11(13)14/h3-6,11H,7H2,1-2H3,(H,15,17). The number of thioether (sulfide) groups is 2. The molecule has 0 bridgehead atoms. The highest BCUT2D eigenvalue weighted by Gasteiger charge is 2.08. The summed E-state index contributed by atoms with van der Waals surface area (Å²) in [7, 11) is 3.62. The maximum absolute atomic E-state index is 12.1. The van der Waals surface area contributed by atoms with E-state index >= 15 is 0 Å². The van der Waals surface area contributed by atoms with Crippen LogP contribution in [0.1, 0.15) is 0 Å². The number of anilines is 1. The lowest BCUT2D eigenvalue weighted by Gasteiger charge is -2.12. The van der Waals surface area contributed by atoms with E-state index in [1.54, 1.807) is 29.2 Å². The highest BCUT2D eigenvalue weighted by Crippen LogP contribution is 2.26. The quantitative estimate of drug-likeness (QED) is 0.657. The molecule has 0 atom stereocenters. The Hall–Kier alpha value is -0.860. The van der Waals surface area contributed by atoms with Crippen molar-refractivity contribution in [3.05, 3.63) is 24.3 Å². The number of hydrogen-bond acceptors (Lipinski definition) is 4. The molecule has 0 saturated carbocycles. The second kappa shape index (κ2) is 8.43. The van der Waals surface area contributed by atoms with Gasteiger partial charge in [0.1, 0.15) is 4.32 Å². The van der Waals surface area contributed by atoms with Gasteiger partial charge in [-0.25, -0.2) is 0 Å². The molecule has 0 heterocycles. The Bertz CT molecular complexity index is 466. The third-order valence-electron chi connectivity index (χ3n) is 2.06. The van der Waals surface area contributed by atoms with Crippen molar-refractivity contribution in [2.24, 2.45) is 0 Å². The van der Waals surface area contributed by atoms with Crippen LogP contribution >= 0.6 is 35.7 Å². The highest BCUT2D eigenvalue weighted by atomic mass is 32.2. The molecule has 0 aliphatic heterocycles. The van der Waals surface area contributed by atoms with Gasteiger partial charge in [0.2, 0.25) is 5.91 Å². The number of thiocarbonyl (C=S) groups is 1. The molecule has 0 saturated heterocycles. The summed E-state index contributed by atoms with van der Waals surface area (Å²) in [6.45, 7) is 0. The maximum atomic E-state index is 12.1. The van der Waals surface area contributed by atoms with Gasteiger partial charge < -0.3 is 10.2 Å². The molecule has 1 rings (SSSR count). The van der Waals surface area contributed by atoms with Gasteiger partial charge in [-0.15, -0.1) is 0 Å². The van der Waals surface area contributed by atoms with E-state index in [9.17, 15) is 13.6 Å². The summed E-state index contributed by atoms with van der Waals surface area (Å²) in [6.07, 6.45) is 0. The molecule has 1 N–H and O–H groups in total. The van der Waals surface area contributed by atoms with E-state index in [1.807, 2.05) is 14.1 Å². The summed E-state index contributed by atoms with van der Waals surface area (Å²) in [5.41, 5.74) is 0.574. The van der Waals surface area contributed by atoms with Gasteiger partial charge in [-0.3, -0.25) is 4.79 Å². The molecule has 0 fully saturated rings. The Morgan fingerprint density at radius 2 is 1.95 bits per heavy atom. The summed E-state index contributed by atoms with van der Waals surface area (Å²) in [5.74, 6) is -2.42. The Morgan fingerprint density at radius 3 is 2.45 bits per heavy atom. The SMILES string of the molecule is CN(C)C(=S)SCC(=O)Nc1ccc(SC(F)F)cc1. The Balaban J connectivity index is 2.44. The van der Waals surface area contributed by atoms with E-state index in [0.717, 1.165) is 0 Å². The average Bonchev–Trinajstić information content (AvgIpc) is 2.37. The van der Waals surface area contributed by atoms with Crippen LogP contribution in [0.3, 0.4) is 0 Å². The van der Waals surface area contributed by atoms with Crippen LogP contribution in [-0.4, -0.2) is 40.7 Å². The van der Waals surface area contributed by atoms with Crippen LogP contribution in [0.2, 0.25) is 0 Å². The third kappa shape index (κ3) is 6.53. The first-order valence-corrected chi connectivity index (χ1v) is 7.84. The minimum Gasteiger partial charge on any atom is -0.364 e. The first-order chi connectivity index (χ1) is 9.38. The molecule has 8 heteroatoms. The summed E-state index contributed by atoms with van der Waals surface area (Å²) < 4.78 is 24.9. The number of alkyl halides is 2. The van der Waals surface area contributed by atoms with Crippen molar-refractivity contribution in [1.29, 1.82) is 0 Å². The molecule has 0 aromatic heterocycles. The van der Waals surface area contributed by atoms with Gasteiger partial charge in [-0.2, -0.15) is 8.78 Å². The molecule has 0 aliphatic rings. The second-order valence-corrected chi connectivity index (χ2v) is 6.57. The lowest BCUT2D eigenvalue weighted by molar-refractivity contribution is -0.113. The first-order valence-electron chi connectivity index (χ1n) is 5.57. The van der Waals surface area contributed by atoms with Gasteiger partial charge in [0.05, 0.1) is 5.75 Å². The zero-order valence-corrected chi connectivity index (χ0v) is 13.4. The molecular formula is C12H14F2N2OS3. The fraction of sp³-hybridized carbons (Fsp3) is 0.333. The van der Waals surface area contributed by atoms with Gasteiger partial charge >= 0.3 is 0 Å². The largest absolute Gasteiger partial charge is 0.364 e. The third-order valence-corrected chi connectivity index (χ3v) is 4.51. The normalized spacial score (nSPS) is 10.4. The lowest BCUT2D eigenvalue weighted by Crippen LogP contribution is -2.20. The van der Waals surface area contributed by atoms with E-state index in [-0.39, 0.29) is 11.7 Å². The summed E-state index contributed by atoms with van der Waals surface area (Å²) >= 11 is 6.79. The van der Waals surface area contributed by atoms with Crippen molar-refractivity contribution in [3.8, 4) is 0 Å². The Kier molecular flexibility index (Phi) is 7.25. The van der Waals surface area contributed by atoms with Gasteiger partial charge in [0.15, 0.2) is 0 Å². The fourth-order valence-corrected chi connectivity index (χ4v) is 2.43. The van der Waals surface area contributed by atoms with Crippen LogP contribution in [0.5, 0.6) is 0 Å². The van der Waals surface area contributed by atoms with E-state index in [2.05, 4.69) is 5.32 Å². The molecule has 0 aliphatic carbocycles. The molecule has 1 amide bonds. The Morgan fingerprint density at radius 1 is 1.35 bits per heavy atom. The number of halogens is 2. The lowest BCUT2D eigenvalue weighted by atomic mass is 10.3. The molecule has 3 nitrogen and oxygen atoms in total. The van der Waals surface area contributed by atoms with Gasteiger partial charge in [0, 0.05) is 24.7 Å². The summed E-state index contributed by atoms with van der Waals surface area (Å²) in [4.78, 5) is 13.9. The van der Waals surface area contributed by atoms with E-state index in [0.29, 0.717) is 26.7 Å². The predicted octanol–water partition coefficient (Wildman–Crippen LogP) is 3.52. The molecule has 0 unspecified atom stereocenters. The van der Waals surface area contributed by atoms with E-state index < -0.39 is 5.76 Å². The maximum Gasteiger partial charge on any atom is 0.288 e. The molecule has 1 aromatic rings. The molecule has 110 valence electrons. The van der Waals surface area contributed by atoms with Crippen LogP contribution in [0.4, 0.5) is 14.5 Å². The molecule has 0 spiro atoms. The monoisotopic (exact) mass is 336 g/mol. The van der Waals surface area contributed by atoms with Crippen molar-refractivity contribution < 1.29 is 13.6 Å². The van der Waals surface area contributed by atoms with Crippen molar-refractivity contribution >= 4 is 51.7 Å². The smallest absolute Gasteiger partial charge is 0.288 e. The van der Waals surface area contributed by atoms with Crippen molar-refractivity contribution in [2.45, 2.75) is 10.7 Å². The van der Waals surface area contributed by atoms with Gasteiger partial charge in [0.25, 0.3) is 5.76 Å². The average molecular weight is 336 g/mol. The zero-order valence-electron chi connectivity index (χ0n) is 10.9. The molecule has 1 aromatic carbocycles. The number of carbonyl (C=O) groups is 1. The molecule has 0 radical (unpaired) electrons. The van der Waals surface area contributed by atoms with Crippen molar-refractivity contribution in [1.82, 2.24) is 4.90 Å². The number of rotatable bonds is 5. The minimum atomic E-state index is -2.45. The summed E-state index contributed by atoms with van der Waals surface area (Å²) in [5, 5.41) is 2.68.